The normalized spacial score (nSPS) is 16.2. The van der Waals surface area contributed by atoms with E-state index in [9.17, 15) is 4.39 Å². The molecule has 2 rings (SSSR count). The molecule has 0 atom stereocenters. The third kappa shape index (κ3) is 3.29. The Labute approximate surface area is 111 Å². The van der Waals surface area contributed by atoms with Crippen LogP contribution in [0.3, 0.4) is 0 Å². The molecule has 1 aliphatic carbocycles. The van der Waals surface area contributed by atoms with Gasteiger partial charge in [-0.15, -0.1) is 0 Å². The Bertz CT molecular complexity index is 376. The second kappa shape index (κ2) is 5.96. The largest absolute Gasteiger partial charge is 0.299 e. The van der Waals surface area contributed by atoms with Gasteiger partial charge in [0, 0.05) is 13.1 Å². The summed E-state index contributed by atoms with van der Waals surface area (Å²) in [5.74, 6) is 0.699. The molecule has 0 aromatic heterocycles. The van der Waals surface area contributed by atoms with Crippen LogP contribution >= 0.6 is 15.9 Å². The summed E-state index contributed by atoms with van der Waals surface area (Å²) in [5, 5.41) is 0. The minimum Gasteiger partial charge on any atom is -0.299 e. The van der Waals surface area contributed by atoms with Crippen molar-refractivity contribution < 1.29 is 4.39 Å². The number of hydrogen-bond donors (Lipinski definition) is 0. The highest BCUT2D eigenvalue weighted by atomic mass is 79.9. The van der Waals surface area contributed by atoms with Gasteiger partial charge in [0.15, 0.2) is 0 Å². The first kappa shape index (κ1) is 13.0. The Morgan fingerprint density at radius 3 is 2.76 bits per heavy atom. The lowest BCUT2D eigenvalue weighted by atomic mass is 9.85. The van der Waals surface area contributed by atoms with Crippen LogP contribution in [-0.4, -0.2) is 18.0 Å². The summed E-state index contributed by atoms with van der Waals surface area (Å²) in [5.41, 5.74) is 1.05. The first-order valence-electron chi connectivity index (χ1n) is 6.36. The number of nitrogens with zero attached hydrogens (tertiary/aromatic N) is 1. The van der Waals surface area contributed by atoms with Gasteiger partial charge in [0.25, 0.3) is 0 Å². The number of rotatable bonds is 5. The Morgan fingerprint density at radius 1 is 1.41 bits per heavy atom. The van der Waals surface area contributed by atoms with Crippen molar-refractivity contribution in [3.8, 4) is 0 Å². The first-order valence-corrected chi connectivity index (χ1v) is 7.15. The number of hydrogen-bond acceptors (Lipinski definition) is 1. The van der Waals surface area contributed by atoms with Crippen molar-refractivity contribution in [2.75, 3.05) is 13.1 Å². The average molecular weight is 300 g/mol. The van der Waals surface area contributed by atoms with Crippen molar-refractivity contribution in [1.29, 1.82) is 0 Å². The molecule has 1 fully saturated rings. The summed E-state index contributed by atoms with van der Waals surface area (Å²) in [6.45, 7) is 5.19. The Morgan fingerprint density at radius 2 is 2.18 bits per heavy atom. The van der Waals surface area contributed by atoms with Crippen LogP contribution in [0.5, 0.6) is 0 Å². The van der Waals surface area contributed by atoms with Gasteiger partial charge in [-0.3, -0.25) is 4.90 Å². The van der Waals surface area contributed by atoms with E-state index in [1.807, 2.05) is 6.07 Å². The van der Waals surface area contributed by atoms with Crippen molar-refractivity contribution in [2.45, 2.75) is 32.7 Å². The van der Waals surface area contributed by atoms with E-state index >= 15 is 0 Å². The molecule has 0 bridgehead atoms. The van der Waals surface area contributed by atoms with Crippen molar-refractivity contribution in [2.24, 2.45) is 5.92 Å². The van der Waals surface area contributed by atoms with Crippen molar-refractivity contribution >= 4 is 15.9 Å². The highest BCUT2D eigenvalue weighted by molar-refractivity contribution is 9.10. The van der Waals surface area contributed by atoms with Crippen LogP contribution in [0.2, 0.25) is 0 Å². The summed E-state index contributed by atoms with van der Waals surface area (Å²) in [4.78, 5) is 2.41. The quantitative estimate of drug-likeness (QED) is 0.787. The monoisotopic (exact) mass is 299 g/mol. The molecular formula is C14H19BrFN. The van der Waals surface area contributed by atoms with Crippen LogP contribution in [0.4, 0.5) is 4.39 Å². The number of benzene rings is 1. The number of halogens is 2. The van der Waals surface area contributed by atoms with Gasteiger partial charge in [0.1, 0.15) is 5.82 Å². The molecular weight excluding hydrogens is 281 g/mol. The summed E-state index contributed by atoms with van der Waals surface area (Å²) in [6.07, 6.45) is 4.10. The molecule has 0 unspecified atom stereocenters. The molecule has 0 aliphatic heterocycles. The highest BCUT2D eigenvalue weighted by Gasteiger charge is 2.20. The SMILES string of the molecule is CCN(Cc1cccc(F)c1Br)CC1CCC1. The molecule has 0 heterocycles. The van der Waals surface area contributed by atoms with Gasteiger partial charge in [-0.1, -0.05) is 25.5 Å². The van der Waals surface area contributed by atoms with E-state index in [4.69, 9.17) is 0 Å². The van der Waals surface area contributed by atoms with Gasteiger partial charge < -0.3 is 0 Å². The van der Waals surface area contributed by atoms with E-state index in [1.165, 1.54) is 25.3 Å². The third-order valence-electron chi connectivity index (χ3n) is 3.61. The smallest absolute Gasteiger partial charge is 0.137 e. The molecule has 3 heteroatoms. The van der Waals surface area contributed by atoms with E-state index in [1.54, 1.807) is 6.07 Å². The molecule has 1 saturated carbocycles. The van der Waals surface area contributed by atoms with Crippen molar-refractivity contribution in [1.82, 2.24) is 4.90 Å². The maximum atomic E-state index is 13.4. The lowest BCUT2D eigenvalue weighted by Crippen LogP contribution is -2.32. The minimum absolute atomic E-state index is 0.165. The van der Waals surface area contributed by atoms with Crippen LogP contribution in [0.25, 0.3) is 0 Å². The van der Waals surface area contributed by atoms with Crippen LogP contribution in [0.1, 0.15) is 31.7 Å². The molecule has 17 heavy (non-hydrogen) atoms. The second-order valence-corrected chi connectivity index (χ2v) is 5.63. The van der Waals surface area contributed by atoms with Crippen LogP contribution < -0.4 is 0 Å². The second-order valence-electron chi connectivity index (χ2n) is 4.84. The first-order chi connectivity index (χ1) is 8.20. The van der Waals surface area contributed by atoms with Gasteiger partial charge in [-0.05, 0) is 52.9 Å². The Hall–Kier alpha value is -0.410. The van der Waals surface area contributed by atoms with Crippen molar-refractivity contribution in [3.05, 3.63) is 34.1 Å². The topological polar surface area (TPSA) is 3.24 Å². The summed E-state index contributed by atoms with van der Waals surface area (Å²) < 4.78 is 14.0. The van der Waals surface area contributed by atoms with Crippen LogP contribution in [0.15, 0.2) is 22.7 Å². The zero-order valence-electron chi connectivity index (χ0n) is 10.3. The lowest BCUT2D eigenvalue weighted by molar-refractivity contribution is 0.178. The summed E-state index contributed by atoms with van der Waals surface area (Å²) in [7, 11) is 0. The lowest BCUT2D eigenvalue weighted by Gasteiger charge is -2.32. The van der Waals surface area contributed by atoms with Crippen LogP contribution in [-0.2, 0) is 6.54 Å². The Kier molecular flexibility index (Phi) is 4.57. The fraction of sp³-hybridized carbons (Fsp3) is 0.571. The predicted octanol–water partition coefficient (Wildman–Crippen LogP) is 4.21. The third-order valence-corrected chi connectivity index (χ3v) is 4.50. The summed E-state index contributed by atoms with van der Waals surface area (Å²) >= 11 is 3.33. The van der Waals surface area contributed by atoms with Gasteiger partial charge in [-0.25, -0.2) is 4.39 Å². The molecule has 0 spiro atoms. The fourth-order valence-corrected chi connectivity index (χ4v) is 2.65. The molecule has 0 saturated heterocycles. The van der Waals surface area contributed by atoms with E-state index in [0.717, 1.165) is 31.1 Å². The zero-order chi connectivity index (χ0) is 12.3. The summed E-state index contributed by atoms with van der Waals surface area (Å²) in [6, 6.07) is 5.28. The predicted molar refractivity (Wildman–Crippen MR) is 72.4 cm³/mol. The maximum Gasteiger partial charge on any atom is 0.137 e. The molecule has 1 aliphatic rings. The Balaban J connectivity index is 1.99. The van der Waals surface area contributed by atoms with E-state index in [0.29, 0.717) is 4.47 Å². The van der Waals surface area contributed by atoms with Crippen molar-refractivity contribution in [3.63, 3.8) is 0 Å². The molecule has 0 N–H and O–H groups in total. The molecule has 0 radical (unpaired) electrons. The van der Waals surface area contributed by atoms with Gasteiger partial charge in [0.05, 0.1) is 4.47 Å². The zero-order valence-corrected chi connectivity index (χ0v) is 11.8. The molecule has 94 valence electrons. The molecule has 1 nitrogen and oxygen atoms in total. The maximum absolute atomic E-state index is 13.4. The molecule has 1 aromatic carbocycles. The van der Waals surface area contributed by atoms with E-state index in [-0.39, 0.29) is 5.82 Å². The standard InChI is InChI=1S/C14H19BrFN/c1-2-17(9-11-5-3-6-11)10-12-7-4-8-13(16)14(12)15/h4,7-8,11H,2-3,5-6,9-10H2,1H3. The van der Waals surface area contributed by atoms with Gasteiger partial charge in [-0.2, -0.15) is 0 Å². The highest BCUT2D eigenvalue weighted by Crippen LogP contribution is 2.28. The van der Waals surface area contributed by atoms with Crippen LogP contribution in [0, 0.1) is 11.7 Å². The van der Waals surface area contributed by atoms with Gasteiger partial charge in [0.2, 0.25) is 0 Å². The molecule has 1 aromatic rings. The van der Waals surface area contributed by atoms with E-state index in [2.05, 4.69) is 27.8 Å². The average Bonchev–Trinajstić information content (AvgIpc) is 2.27. The van der Waals surface area contributed by atoms with Gasteiger partial charge >= 0.3 is 0 Å². The van der Waals surface area contributed by atoms with E-state index < -0.39 is 0 Å². The fourth-order valence-electron chi connectivity index (χ4n) is 2.26. The minimum atomic E-state index is -0.165. The molecule has 0 amide bonds.